The number of carbonyl (C=O) groups excluding carboxylic acids is 2. The fourth-order valence-electron chi connectivity index (χ4n) is 2.76. The fourth-order valence-corrected chi connectivity index (χ4v) is 3.34. The van der Waals surface area contributed by atoms with E-state index in [0.717, 1.165) is 5.01 Å². The maximum Gasteiger partial charge on any atom is 0.274 e. The number of nitrogens with one attached hydrogen (secondary N) is 1. The number of nitrogens with zero attached hydrogens (tertiary/aromatic N) is 5. The van der Waals surface area contributed by atoms with Gasteiger partial charge in [-0.15, -0.1) is 0 Å². The molecule has 11 heteroatoms. The minimum atomic E-state index is -0.562. The van der Waals surface area contributed by atoms with Gasteiger partial charge in [-0.1, -0.05) is 11.6 Å². The summed E-state index contributed by atoms with van der Waals surface area (Å²) in [6, 6.07) is 9.70. The highest BCUT2D eigenvalue weighted by Gasteiger charge is 2.23. The lowest BCUT2D eigenvalue weighted by atomic mass is 10.0. The van der Waals surface area contributed by atoms with E-state index in [1.54, 1.807) is 25.1 Å². The van der Waals surface area contributed by atoms with Crippen molar-refractivity contribution in [2.24, 2.45) is 5.84 Å². The van der Waals surface area contributed by atoms with Gasteiger partial charge in [-0.2, -0.15) is 10.4 Å². The largest absolute Gasteiger partial charge is 0.320 e. The number of anilines is 1. The molecule has 30 heavy (non-hydrogen) atoms. The fraction of sp³-hybridized carbons (Fsp3) is 0.105. The quantitative estimate of drug-likeness (QED) is 0.330. The number of rotatable bonds is 4. The molecule has 1 aromatic carbocycles. The second-order valence-electron chi connectivity index (χ2n) is 6.27. The lowest BCUT2D eigenvalue weighted by Crippen LogP contribution is -2.34. The predicted octanol–water partition coefficient (Wildman–Crippen LogP) is 3.06. The van der Waals surface area contributed by atoms with Crippen LogP contribution < -0.4 is 11.2 Å². The molecule has 0 unspecified atom stereocenters. The van der Waals surface area contributed by atoms with Crippen molar-refractivity contribution in [1.29, 1.82) is 5.26 Å². The molecule has 0 saturated heterocycles. The lowest BCUT2D eigenvalue weighted by molar-refractivity contribution is 0.0796. The Bertz CT molecular complexity index is 1200. The number of hydrogen-bond donors (Lipinski definition) is 2. The zero-order valence-electron chi connectivity index (χ0n) is 15.8. The summed E-state index contributed by atoms with van der Waals surface area (Å²) in [6.07, 6.45) is 1.52. The van der Waals surface area contributed by atoms with Crippen LogP contribution in [0.2, 0.25) is 5.02 Å². The Balaban J connectivity index is 2.07. The lowest BCUT2D eigenvalue weighted by Gasteiger charge is -2.17. The number of hydrogen-bond acceptors (Lipinski definition) is 6. The van der Waals surface area contributed by atoms with E-state index in [1.807, 2.05) is 6.07 Å². The Morgan fingerprint density at radius 1 is 1.37 bits per heavy atom. The van der Waals surface area contributed by atoms with Gasteiger partial charge in [0.15, 0.2) is 5.82 Å². The van der Waals surface area contributed by atoms with E-state index in [2.05, 4.69) is 31.3 Å². The zero-order valence-corrected chi connectivity index (χ0v) is 18.2. The standard InChI is InChI=1S/C19H15BrClN7O2/c1-10-6-11(9-22)7-12(19(30)27(2)23)16(10)25-18(29)14-8-15(20)26-28(14)17-13(21)4-3-5-24-17/h3-8H,23H2,1-2H3,(H,25,29). The Labute approximate surface area is 185 Å². The van der Waals surface area contributed by atoms with Gasteiger partial charge in [-0.25, -0.2) is 15.5 Å². The molecule has 0 aliphatic rings. The van der Waals surface area contributed by atoms with Crippen LogP contribution in [-0.2, 0) is 0 Å². The van der Waals surface area contributed by atoms with Gasteiger partial charge in [0.1, 0.15) is 10.3 Å². The normalized spacial score (nSPS) is 10.4. The number of amides is 2. The molecule has 9 nitrogen and oxygen atoms in total. The van der Waals surface area contributed by atoms with Crippen molar-refractivity contribution < 1.29 is 9.59 Å². The Morgan fingerprint density at radius 2 is 2.10 bits per heavy atom. The molecular weight excluding hydrogens is 474 g/mol. The molecular formula is C19H15BrClN7O2. The SMILES string of the molecule is Cc1cc(C#N)cc(C(=O)N(C)N)c1NC(=O)c1cc(Br)nn1-c1ncccc1Cl. The molecule has 3 rings (SSSR count). The molecule has 2 amide bonds. The van der Waals surface area contributed by atoms with Gasteiger partial charge >= 0.3 is 0 Å². The molecule has 3 N–H and O–H groups in total. The predicted molar refractivity (Wildman–Crippen MR) is 114 cm³/mol. The Kier molecular flexibility index (Phi) is 6.17. The summed E-state index contributed by atoms with van der Waals surface area (Å²) >= 11 is 9.45. The van der Waals surface area contributed by atoms with E-state index < -0.39 is 11.8 Å². The molecule has 2 aromatic heterocycles. The van der Waals surface area contributed by atoms with Crippen LogP contribution in [0.3, 0.4) is 0 Å². The van der Waals surface area contributed by atoms with Crippen molar-refractivity contribution in [2.75, 3.05) is 12.4 Å². The summed E-state index contributed by atoms with van der Waals surface area (Å²) in [5.74, 6) is 4.73. The van der Waals surface area contributed by atoms with Crippen molar-refractivity contribution in [3.63, 3.8) is 0 Å². The van der Waals surface area contributed by atoms with Crippen LogP contribution in [0.1, 0.15) is 32.0 Å². The second kappa shape index (κ2) is 8.62. The topological polar surface area (TPSA) is 130 Å². The van der Waals surface area contributed by atoms with E-state index in [1.165, 1.54) is 30.1 Å². The third-order valence-corrected chi connectivity index (χ3v) is 4.79. The third-order valence-electron chi connectivity index (χ3n) is 4.11. The summed E-state index contributed by atoms with van der Waals surface area (Å²) in [4.78, 5) is 29.8. The third kappa shape index (κ3) is 4.18. The molecule has 152 valence electrons. The van der Waals surface area contributed by atoms with E-state index in [0.29, 0.717) is 15.2 Å². The van der Waals surface area contributed by atoms with Crippen LogP contribution in [0.15, 0.2) is 41.1 Å². The van der Waals surface area contributed by atoms with E-state index in [4.69, 9.17) is 17.4 Å². The molecule has 2 heterocycles. The van der Waals surface area contributed by atoms with E-state index >= 15 is 0 Å². The van der Waals surface area contributed by atoms with Crippen LogP contribution >= 0.6 is 27.5 Å². The van der Waals surface area contributed by atoms with Gasteiger partial charge in [-0.3, -0.25) is 14.6 Å². The molecule has 3 aromatic rings. The molecule has 0 saturated carbocycles. The number of hydrazine groups is 1. The van der Waals surface area contributed by atoms with Crippen molar-refractivity contribution in [2.45, 2.75) is 6.92 Å². The van der Waals surface area contributed by atoms with Crippen molar-refractivity contribution in [1.82, 2.24) is 19.8 Å². The summed E-state index contributed by atoms with van der Waals surface area (Å²) < 4.78 is 1.68. The first kappa shape index (κ1) is 21.4. The minimum Gasteiger partial charge on any atom is -0.320 e. The first-order valence-electron chi connectivity index (χ1n) is 8.48. The number of aryl methyl sites for hydroxylation is 1. The molecule has 0 fully saturated rings. The molecule has 0 radical (unpaired) electrons. The number of nitrogens with two attached hydrogens (primary N) is 1. The molecule has 0 atom stereocenters. The highest BCUT2D eigenvalue weighted by atomic mass is 79.9. The summed E-state index contributed by atoms with van der Waals surface area (Å²) in [7, 11) is 1.37. The smallest absolute Gasteiger partial charge is 0.274 e. The van der Waals surface area contributed by atoms with Gasteiger partial charge in [0.05, 0.1) is 27.9 Å². The Hall–Kier alpha value is -3.26. The number of pyridine rings is 1. The van der Waals surface area contributed by atoms with Crippen LogP contribution in [0.4, 0.5) is 5.69 Å². The maximum atomic E-state index is 13.1. The number of benzene rings is 1. The van der Waals surface area contributed by atoms with Crippen LogP contribution in [0.5, 0.6) is 0 Å². The Morgan fingerprint density at radius 3 is 2.73 bits per heavy atom. The average Bonchev–Trinajstić information content (AvgIpc) is 3.10. The second-order valence-corrected chi connectivity index (χ2v) is 7.49. The minimum absolute atomic E-state index is 0.0888. The van der Waals surface area contributed by atoms with Gasteiger partial charge < -0.3 is 5.32 Å². The summed E-state index contributed by atoms with van der Waals surface area (Å²) in [6.45, 7) is 1.67. The number of nitriles is 1. The number of halogens is 2. The van der Waals surface area contributed by atoms with Gasteiger partial charge in [0, 0.05) is 19.3 Å². The maximum absolute atomic E-state index is 13.1. The molecule has 0 spiro atoms. The number of aromatic nitrogens is 3. The van der Waals surface area contributed by atoms with Gasteiger partial charge in [-0.05, 0) is 52.7 Å². The van der Waals surface area contributed by atoms with Gasteiger partial charge in [0.2, 0.25) is 0 Å². The highest BCUT2D eigenvalue weighted by molar-refractivity contribution is 9.10. The van der Waals surface area contributed by atoms with Crippen molar-refractivity contribution in [3.05, 3.63) is 68.5 Å². The van der Waals surface area contributed by atoms with E-state index in [-0.39, 0.29) is 28.3 Å². The van der Waals surface area contributed by atoms with Crippen LogP contribution in [-0.4, -0.2) is 38.6 Å². The summed E-state index contributed by atoms with van der Waals surface area (Å²) in [5, 5.41) is 17.3. The average molecular weight is 489 g/mol. The molecule has 0 aliphatic heterocycles. The molecule has 0 bridgehead atoms. The van der Waals surface area contributed by atoms with Crippen molar-refractivity contribution in [3.8, 4) is 11.9 Å². The number of carbonyl (C=O) groups is 2. The zero-order chi connectivity index (χ0) is 22.0. The molecule has 0 aliphatic carbocycles. The van der Waals surface area contributed by atoms with Crippen LogP contribution in [0.25, 0.3) is 5.82 Å². The van der Waals surface area contributed by atoms with Gasteiger partial charge in [0.25, 0.3) is 11.8 Å². The first-order valence-corrected chi connectivity index (χ1v) is 9.65. The summed E-state index contributed by atoms with van der Waals surface area (Å²) in [5.41, 5.74) is 1.24. The van der Waals surface area contributed by atoms with Crippen LogP contribution in [0, 0.1) is 18.3 Å². The van der Waals surface area contributed by atoms with Crippen molar-refractivity contribution >= 4 is 45.0 Å². The van der Waals surface area contributed by atoms with E-state index in [9.17, 15) is 14.9 Å². The first-order chi connectivity index (χ1) is 14.2. The monoisotopic (exact) mass is 487 g/mol. The highest BCUT2D eigenvalue weighted by Crippen LogP contribution is 2.26.